The molecule has 0 radical (unpaired) electrons. The molecule has 4 nitrogen and oxygen atoms in total. The molecule has 0 unspecified atom stereocenters. The molecule has 2 aliphatic carbocycles. The lowest BCUT2D eigenvalue weighted by atomic mass is 9.77. The van der Waals surface area contributed by atoms with E-state index < -0.39 is 11.4 Å². The molecule has 1 amide bonds. The highest BCUT2D eigenvalue weighted by Crippen LogP contribution is 2.44. The first-order chi connectivity index (χ1) is 8.96. The molecule has 19 heavy (non-hydrogen) atoms. The molecule has 2 fully saturated rings. The molecule has 0 aromatic carbocycles. The topological polar surface area (TPSA) is 66.4 Å². The summed E-state index contributed by atoms with van der Waals surface area (Å²) < 4.78 is 0. The van der Waals surface area contributed by atoms with E-state index >= 15 is 0 Å². The number of carboxylic acid groups (broad SMARTS) is 1. The van der Waals surface area contributed by atoms with Crippen molar-refractivity contribution >= 4 is 11.9 Å². The van der Waals surface area contributed by atoms with Crippen LogP contribution in [0.25, 0.3) is 0 Å². The van der Waals surface area contributed by atoms with Gasteiger partial charge in [0.15, 0.2) is 0 Å². The van der Waals surface area contributed by atoms with Crippen LogP contribution in [0.4, 0.5) is 0 Å². The second-order valence-electron chi connectivity index (χ2n) is 6.76. The van der Waals surface area contributed by atoms with Crippen molar-refractivity contribution in [3.8, 4) is 0 Å². The number of nitrogens with one attached hydrogen (secondary N) is 1. The normalized spacial score (nSPS) is 24.3. The Balaban J connectivity index is 1.91. The molecule has 0 aromatic rings. The highest BCUT2D eigenvalue weighted by molar-refractivity contribution is 5.85. The minimum absolute atomic E-state index is 0.0857. The first kappa shape index (κ1) is 14.4. The molecule has 0 heterocycles. The van der Waals surface area contributed by atoms with Gasteiger partial charge in [-0.05, 0) is 31.1 Å². The molecule has 2 N–H and O–H groups in total. The summed E-state index contributed by atoms with van der Waals surface area (Å²) in [6.07, 6.45) is 7.81. The Bertz CT molecular complexity index is 352. The fourth-order valence-corrected chi connectivity index (χ4v) is 2.94. The van der Waals surface area contributed by atoms with E-state index in [1.807, 2.05) is 0 Å². The number of hydrogen-bond donors (Lipinski definition) is 2. The molecule has 2 rings (SSSR count). The van der Waals surface area contributed by atoms with Gasteiger partial charge in [-0.2, -0.15) is 0 Å². The molecular formula is C15H25NO3. The monoisotopic (exact) mass is 267 g/mol. The maximum atomic E-state index is 12.0. The van der Waals surface area contributed by atoms with Gasteiger partial charge >= 0.3 is 5.97 Å². The van der Waals surface area contributed by atoms with Crippen LogP contribution in [0.3, 0.4) is 0 Å². The average Bonchev–Trinajstić information content (AvgIpc) is 3.12. The van der Waals surface area contributed by atoms with E-state index in [9.17, 15) is 14.7 Å². The lowest BCUT2D eigenvalue weighted by Crippen LogP contribution is -2.38. The predicted octanol–water partition coefficient (Wildman–Crippen LogP) is 2.72. The third-order valence-corrected chi connectivity index (χ3v) is 4.83. The molecule has 4 heteroatoms. The van der Waals surface area contributed by atoms with Crippen LogP contribution >= 0.6 is 0 Å². The second kappa shape index (κ2) is 5.51. The van der Waals surface area contributed by atoms with Gasteiger partial charge in [0.25, 0.3) is 0 Å². The highest BCUT2D eigenvalue weighted by atomic mass is 16.4. The summed E-state index contributed by atoms with van der Waals surface area (Å²) in [5, 5.41) is 12.5. The van der Waals surface area contributed by atoms with Crippen molar-refractivity contribution in [3.05, 3.63) is 0 Å². The fourth-order valence-electron chi connectivity index (χ4n) is 2.94. The number of rotatable bonds is 5. The van der Waals surface area contributed by atoms with Gasteiger partial charge in [0.1, 0.15) is 0 Å². The van der Waals surface area contributed by atoms with Crippen molar-refractivity contribution in [1.29, 1.82) is 0 Å². The van der Waals surface area contributed by atoms with E-state index in [1.54, 1.807) is 0 Å². The van der Waals surface area contributed by atoms with Gasteiger partial charge in [-0.25, -0.2) is 0 Å². The van der Waals surface area contributed by atoms with E-state index in [-0.39, 0.29) is 17.7 Å². The Morgan fingerprint density at radius 3 is 2.11 bits per heavy atom. The van der Waals surface area contributed by atoms with Gasteiger partial charge < -0.3 is 10.4 Å². The number of carbonyl (C=O) groups excluding carboxylic acids is 1. The van der Waals surface area contributed by atoms with Crippen LogP contribution in [0, 0.1) is 10.8 Å². The fraction of sp³-hybridized carbons (Fsp3) is 0.867. The summed E-state index contributed by atoms with van der Waals surface area (Å²) in [5.74, 6) is -0.875. The molecule has 2 aliphatic rings. The highest BCUT2D eigenvalue weighted by Gasteiger charge is 2.42. The van der Waals surface area contributed by atoms with Gasteiger partial charge in [0.2, 0.25) is 5.91 Å². The van der Waals surface area contributed by atoms with Crippen molar-refractivity contribution in [2.45, 2.75) is 64.7 Å². The van der Waals surface area contributed by atoms with Crippen LogP contribution in [-0.4, -0.2) is 23.5 Å². The van der Waals surface area contributed by atoms with E-state index in [0.717, 1.165) is 38.5 Å². The second-order valence-corrected chi connectivity index (χ2v) is 6.76. The first-order valence-electron chi connectivity index (χ1n) is 7.46. The summed E-state index contributed by atoms with van der Waals surface area (Å²) in [6, 6.07) is 0. The van der Waals surface area contributed by atoms with E-state index in [1.165, 1.54) is 0 Å². The van der Waals surface area contributed by atoms with Crippen molar-refractivity contribution in [2.24, 2.45) is 10.8 Å². The maximum absolute atomic E-state index is 12.0. The minimum atomic E-state index is -0.814. The Labute approximate surface area is 115 Å². The average molecular weight is 267 g/mol. The molecule has 0 aromatic heterocycles. The first-order valence-corrected chi connectivity index (χ1v) is 7.46. The number of carbonyl (C=O) groups is 2. The number of aliphatic carboxylic acids is 1. The number of carboxylic acids is 1. The number of hydrogen-bond acceptors (Lipinski definition) is 2. The van der Waals surface area contributed by atoms with Crippen LogP contribution in [0.2, 0.25) is 0 Å². The van der Waals surface area contributed by atoms with Gasteiger partial charge in [-0.3, -0.25) is 9.59 Å². The summed E-state index contributed by atoms with van der Waals surface area (Å²) in [4.78, 5) is 23.6. The van der Waals surface area contributed by atoms with Gasteiger partial charge in [0, 0.05) is 13.0 Å². The van der Waals surface area contributed by atoms with E-state index in [4.69, 9.17) is 0 Å². The van der Waals surface area contributed by atoms with Crippen LogP contribution in [0.15, 0.2) is 0 Å². The maximum Gasteiger partial charge on any atom is 0.310 e. The predicted molar refractivity (Wildman–Crippen MR) is 72.7 cm³/mol. The molecular weight excluding hydrogens is 242 g/mol. The van der Waals surface area contributed by atoms with Crippen molar-refractivity contribution in [1.82, 2.24) is 5.32 Å². The largest absolute Gasteiger partial charge is 0.481 e. The van der Waals surface area contributed by atoms with Crippen molar-refractivity contribution < 1.29 is 14.7 Å². The molecule has 0 aliphatic heterocycles. The van der Waals surface area contributed by atoms with E-state index in [2.05, 4.69) is 12.2 Å². The molecule has 2 saturated carbocycles. The van der Waals surface area contributed by atoms with Gasteiger partial charge in [-0.15, -0.1) is 0 Å². The number of amides is 1. The third kappa shape index (κ3) is 3.71. The van der Waals surface area contributed by atoms with Crippen LogP contribution in [-0.2, 0) is 9.59 Å². The summed E-state index contributed by atoms with van der Waals surface area (Å²) in [7, 11) is 0. The molecule has 0 bridgehead atoms. The Morgan fingerprint density at radius 2 is 1.63 bits per heavy atom. The SMILES string of the molecule is CC1(CNC(=O)CC2(C(=O)O)CCCCCC2)CC1. The zero-order chi connectivity index (χ0) is 13.9. The molecule has 0 spiro atoms. The smallest absolute Gasteiger partial charge is 0.310 e. The third-order valence-electron chi connectivity index (χ3n) is 4.83. The quantitative estimate of drug-likeness (QED) is 0.753. The summed E-state index contributed by atoms with van der Waals surface area (Å²) in [5.41, 5.74) is -0.541. The lowest BCUT2D eigenvalue weighted by Gasteiger charge is -2.27. The zero-order valence-electron chi connectivity index (χ0n) is 11.8. The Morgan fingerprint density at radius 1 is 1.05 bits per heavy atom. The van der Waals surface area contributed by atoms with Crippen LogP contribution in [0.1, 0.15) is 64.7 Å². The Kier molecular flexibility index (Phi) is 4.16. The van der Waals surface area contributed by atoms with Crippen LogP contribution < -0.4 is 5.32 Å². The van der Waals surface area contributed by atoms with Crippen molar-refractivity contribution in [2.75, 3.05) is 6.54 Å². The van der Waals surface area contributed by atoms with Crippen molar-refractivity contribution in [3.63, 3.8) is 0 Å². The lowest BCUT2D eigenvalue weighted by molar-refractivity contribution is -0.152. The molecule has 108 valence electrons. The van der Waals surface area contributed by atoms with Gasteiger partial charge in [-0.1, -0.05) is 32.6 Å². The standard InChI is InChI=1S/C15H25NO3/c1-14(8-9-14)11-16-12(17)10-15(13(18)19)6-4-2-3-5-7-15/h2-11H2,1H3,(H,16,17)(H,18,19). The van der Waals surface area contributed by atoms with E-state index in [0.29, 0.717) is 19.4 Å². The zero-order valence-corrected chi connectivity index (χ0v) is 11.8. The van der Waals surface area contributed by atoms with Crippen LogP contribution in [0.5, 0.6) is 0 Å². The van der Waals surface area contributed by atoms with Gasteiger partial charge in [0.05, 0.1) is 5.41 Å². The Hall–Kier alpha value is -1.06. The molecule has 0 atom stereocenters. The molecule has 0 saturated heterocycles. The summed E-state index contributed by atoms with van der Waals surface area (Å²) in [6.45, 7) is 2.85. The minimum Gasteiger partial charge on any atom is -0.481 e. The summed E-state index contributed by atoms with van der Waals surface area (Å²) >= 11 is 0.